The molecule has 1 atom stereocenters. The van der Waals surface area contributed by atoms with Gasteiger partial charge in [0.15, 0.2) is 0 Å². The molecule has 0 saturated carbocycles. The van der Waals surface area contributed by atoms with Gasteiger partial charge in [-0.1, -0.05) is 36.4 Å². The maximum atomic E-state index is 12.0. The van der Waals surface area contributed by atoms with Gasteiger partial charge in [-0.3, -0.25) is 4.90 Å². The van der Waals surface area contributed by atoms with E-state index >= 15 is 0 Å². The Hall–Kier alpha value is -2.07. The molecule has 1 fully saturated rings. The number of carbonyl (C=O) groups is 1. The van der Waals surface area contributed by atoms with Crippen molar-refractivity contribution in [1.82, 2.24) is 5.32 Å². The number of urea groups is 1. The molecular weight excluding hydrogens is 240 g/mol. The Morgan fingerprint density at radius 3 is 2.89 bits per heavy atom. The molecule has 2 aromatic carbocycles. The van der Waals surface area contributed by atoms with Gasteiger partial charge in [-0.05, 0) is 18.4 Å². The van der Waals surface area contributed by atoms with Crippen LogP contribution in [0.25, 0.3) is 10.8 Å². The highest BCUT2D eigenvalue weighted by Crippen LogP contribution is 2.28. The summed E-state index contributed by atoms with van der Waals surface area (Å²) in [5.41, 5.74) is 0.929. The number of fused-ring (bicyclic) bond motifs is 1. The quantitative estimate of drug-likeness (QED) is 0.917. The standard InChI is InChI=1S/C15H16N2O2/c1-2-19-14-10-17(15(18)16-14)13-9-5-7-11-6-3-4-8-12(11)13/h3-9,14H,2,10H2,1H3,(H,16,18). The van der Waals surface area contributed by atoms with Crippen LogP contribution in [-0.2, 0) is 4.74 Å². The molecule has 1 saturated heterocycles. The van der Waals surface area contributed by atoms with E-state index in [1.54, 1.807) is 4.90 Å². The zero-order chi connectivity index (χ0) is 13.2. The van der Waals surface area contributed by atoms with Crippen molar-refractivity contribution in [2.75, 3.05) is 18.1 Å². The summed E-state index contributed by atoms with van der Waals surface area (Å²) in [4.78, 5) is 13.8. The molecule has 0 spiro atoms. The maximum Gasteiger partial charge on any atom is 0.324 e. The van der Waals surface area contributed by atoms with E-state index in [0.717, 1.165) is 16.5 Å². The first kappa shape index (κ1) is 12.0. The molecule has 19 heavy (non-hydrogen) atoms. The van der Waals surface area contributed by atoms with E-state index in [-0.39, 0.29) is 12.3 Å². The molecule has 0 aliphatic carbocycles. The average Bonchev–Trinajstić information content (AvgIpc) is 2.79. The van der Waals surface area contributed by atoms with E-state index in [1.807, 2.05) is 49.4 Å². The summed E-state index contributed by atoms with van der Waals surface area (Å²) >= 11 is 0. The highest BCUT2D eigenvalue weighted by Gasteiger charge is 2.30. The zero-order valence-corrected chi connectivity index (χ0v) is 10.8. The summed E-state index contributed by atoms with van der Waals surface area (Å²) in [6, 6.07) is 14.0. The van der Waals surface area contributed by atoms with E-state index in [9.17, 15) is 4.79 Å². The van der Waals surface area contributed by atoms with Crippen LogP contribution in [0.1, 0.15) is 6.92 Å². The highest BCUT2D eigenvalue weighted by atomic mass is 16.5. The Morgan fingerprint density at radius 1 is 1.26 bits per heavy atom. The van der Waals surface area contributed by atoms with E-state index in [1.165, 1.54) is 0 Å². The molecule has 1 aliphatic heterocycles. The Labute approximate surface area is 112 Å². The van der Waals surface area contributed by atoms with Crippen molar-refractivity contribution in [3.63, 3.8) is 0 Å². The van der Waals surface area contributed by atoms with Crippen molar-refractivity contribution >= 4 is 22.5 Å². The summed E-state index contributed by atoms with van der Waals surface area (Å²) < 4.78 is 5.46. The SMILES string of the molecule is CCOC1CN(c2cccc3ccccc23)C(=O)N1. The first-order chi connectivity index (χ1) is 9.29. The van der Waals surface area contributed by atoms with Gasteiger partial charge >= 0.3 is 6.03 Å². The number of amides is 2. The third-order valence-electron chi connectivity index (χ3n) is 3.30. The Morgan fingerprint density at radius 2 is 2.05 bits per heavy atom. The van der Waals surface area contributed by atoms with Gasteiger partial charge in [-0.25, -0.2) is 4.79 Å². The monoisotopic (exact) mass is 256 g/mol. The van der Waals surface area contributed by atoms with Crippen LogP contribution in [0.2, 0.25) is 0 Å². The first-order valence-electron chi connectivity index (χ1n) is 6.47. The highest BCUT2D eigenvalue weighted by molar-refractivity contribution is 6.04. The number of hydrogen-bond acceptors (Lipinski definition) is 2. The third kappa shape index (κ3) is 2.15. The Bertz CT molecular complexity index is 607. The van der Waals surface area contributed by atoms with Crippen molar-refractivity contribution < 1.29 is 9.53 Å². The van der Waals surface area contributed by atoms with Crippen LogP contribution in [0, 0.1) is 0 Å². The Balaban J connectivity index is 1.98. The number of nitrogens with one attached hydrogen (secondary N) is 1. The number of benzene rings is 2. The predicted molar refractivity (Wildman–Crippen MR) is 75.2 cm³/mol. The van der Waals surface area contributed by atoms with E-state index in [4.69, 9.17) is 4.74 Å². The molecule has 98 valence electrons. The van der Waals surface area contributed by atoms with Crippen molar-refractivity contribution in [3.05, 3.63) is 42.5 Å². The molecule has 0 aromatic heterocycles. The third-order valence-corrected chi connectivity index (χ3v) is 3.30. The topological polar surface area (TPSA) is 41.6 Å². The largest absolute Gasteiger partial charge is 0.357 e. The number of carbonyl (C=O) groups excluding carboxylic acids is 1. The molecule has 2 amide bonds. The molecule has 1 unspecified atom stereocenters. The van der Waals surface area contributed by atoms with Gasteiger partial charge in [-0.15, -0.1) is 0 Å². The van der Waals surface area contributed by atoms with E-state index < -0.39 is 0 Å². The summed E-state index contributed by atoms with van der Waals surface area (Å²) in [7, 11) is 0. The second-order valence-corrected chi connectivity index (χ2v) is 4.50. The predicted octanol–water partition coefficient (Wildman–Crippen LogP) is 2.73. The first-order valence-corrected chi connectivity index (χ1v) is 6.47. The lowest BCUT2D eigenvalue weighted by Crippen LogP contribution is -2.29. The molecular formula is C15H16N2O2. The van der Waals surface area contributed by atoms with Gasteiger partial charge in [-0.2, -0.15) is 0 Å². The lowest BCUT2D eigenvalue weighted by molar-refractivity contribution is 0.0653. The van der Waals surface area contributed by atoms with Crippen molar-refractivity contribution in [2.24, 2.45) is 0 Å². The van der Waals surface area contributed by atoms with Gasteiger partial charge in [0.2, 0.25) is 0 Å². The smallest absolute Gasteiger partial charge is 0.324 e. The van der Waals surface area contributed by atoms with Crippen LogP contribution >= 0.6 is 0 Å². The van der Waals surface area contributed by atoms with E-state index in [0.29, 0.717) is 13.2 Å². The number of nitrogens with zero attached hydrogens (tertiary/aromatic N) is 1. The summed E-state index contributed by atoms with van der Waals surface area (Å²) in [6.45, 7) is 3.06. The lowest BCUT2D eigenvalue weighted by atomic mass is 10.1. The molecule has 0 radical (unpaired) electrons. The molecule has 1 heterocycles. The van der Waals surface area contributed by atoms with Crippen LogP contribution in [0.3, 0.4) is 0 Å². The average molecular weight is 256 g/mol. The molecule has 4 nitrogen and oxygen atoms in total. The summed E-state index contributed by atoms with van der Waals surface area (Å²) in [5.74, 6) is 0. The van der Waals surface area contributed by atoms with Gasteiger partial charge in [0.25, 0.3) is 0 Å². The maximum absolute atomic E-state index is 12.0. The van der Waals surface area contributed by atoms with E-state index in [2.05, 4.69) is 5.32 Å². The minimum absolute atomic E-state index is 0.102. The second kappa shape index (κ2) is 4.90. The van der Waals surface area contributed by atoms with Gasteiger partial charge in [0.05, 0.1) is 12.2 Å². The van der Waals surface area contributed by atoms with Crippen molar-refractivity contribution in [2.45, 2.75) is 13.2 Å². The summed E-state index contributed by atoms with van der Waals surface area (Å²) in [6.07, 6.45) is -0.225. The van der Waals surface area contributed by atoms with Crippen LogP contribution in [0.15, 0.2) is 42.5 Å². The summed E-state index contributed by atoms with van der Waals surface area (Å²) in [5, 5.41) is 5.05. The normalized spacial score (nSPS) is 18.9. The number of rotatable bonds is 3. The van der Waals surface area contributed by atoms with Crippen LogP contribution < -0.4 is 10.2 Å². The molecule has 1 N–H and O–H groups in total. The molecule has 2 aromatic rings. The molecule has 4 heteroatoms. The molecule has 0 bridgehead atoms. The molecule has 1 aliphatic rings. The number of hydrogen-bond donors (Lipinski definition) is 1. The van der Waals surface area contributed by atoms with Crippen molar-refractivity contribution in [3.8, 4) is 0 Å². The van der Waals surface area contributed by atoms with Crippen LogP contribution in [0.4, 0.5) is 10.5 Å². The number of ether oxygens (including phenoxy) is 1. The minimum atomic E-state index is -0.225. The fraction of sp³-hybridized carbons (Fsp3) is 0.267. The fourth-order valence-corrected chi connectivity index (χ4v) is 2.46. The second-order valence-electron chi connectivity index (χ2n) is 4.50. The molecule has 3 rings (SSSR count). The lowest BCUT2D eigenvalue weighted by Gasteiger charge is -2.17. The van der Waals surface area contributed by atoms with Crippen LogP contribution in [-0.4, -0.2) is 25.4 Å². The minimum Gasteiger partial charge on any atom is -0.357 e. The van der Waals surface area contributed by atoms with Gasteiger partial charge < -0.3 is 10.1 Å². The fourth-order valence-electron chi connectivity index (χ4n) is 2.46. The zero-order valence-electron chi connectivity index (χ0n) is 10.8. The Kier molecular flexibility index (Phi) is 3.09. The van der Waals surface area contributed by atoms with Crippen LogP contribution in [0.5, 0.6) is 0 Å². The van der Waals surface area contributed by atoms with Gasteiger partial charge in [0.1, 0.15) is 6.23 Å². The number of anilines is 1. The van der Waals surface area contributed by atoms with Crippen molar-refractivity contribution in [1.29, 1.82) is 0 Å². The van der Waals surface area contributed by atoms with Gasteiger partial charge in [0, 0.05) is 12.0 Å².